The van der Waals surface area contributed by atoms with Crippen LogP contribution in [0.15, 0.2) is 59.8 Å². The molecule has 4 rings (SSSR count). The van der Waals surface area contributed by atoms with Crippen LogP contribution in [0, 0.1) is 6.92 Å². The third-order valence-corrected chi connectivity index (χ3v) is 7.25. The van der Waals surface area contributed by atoms with Crippen molar-refractivity contribution in [1.29, 1.82) is 0 Å². The average molecular weight is 512 g/mol. The summed E-state index contributed by atoms with van der Waals surface area (Å²) in [6, 6.07) is 15.8. The van der Waals surface area contributed by atoms with Gasteiger partial charge in [-0.25, -0.2) is 0 Å². The van der Waals surface area contributed by atoms with Crippen molar-refractivity contribution in [2.24, 2.45) is 5.16 Å². The van der Waals surface area contributed by atoms with Gasteiger partial charge in [0.1, 0.15) is 18.1 Å². The van der Waals surface area contributed by atoms with Crippen LogP contribution in [0.4, 0.5) is 13.2 Å². The predicted octanol–water partition coefficient (Wildman–Crippen LogP) is 8.30. The molecule has 7 heteroatoms. The van der Waals surface area contributed by atoms with Crippen LogP contribution in [0.1, 0.15) is 68.4 Å². The molecule has 1 N–H and O–H groups in total. The Bertz CT molecular complexity index is 1310. The Kier molecular flexibility index (Phi) is 7.01. The van der Waals surface area contributed by atoms with Crippen molar-refractivity contribution in [1.82, 2.24) is 0 Å². The third-order valence-electron chi connectivity index (χ3n) is 7.25. The van der Waals surface area contributed by atoms with Gasteiger partial charge in [-0.3, -0.25) is 0 Å². The van der Waals surface area contributed by atoms with Crippen molar-refractivity contribution in [2.45, 2.75) is 71.3 Å². The number of ether oxygens (including phenoxy) is 2. The highest BCUT2D eigenvalue weighted by Crippen LogP contribution is 2.48. The second kappa shape index (κ2) is 9.77. The standard InChI is InChI=1S/C30H32F3NO3/c1-19-14-25-26(29(4,5)13-12-28(25,2)3)16-23(19)24-15-21(8-11-27(24)37-30(31,32)33)18-36-22-9-6-20(7-10-22)17-34-35/h6-11,14-17,35H,12-13,18H2,1-5H3. The fourth-order valence-corrected chi connectivity index (χ4v) is 4.99. The summed E-state index contributed by atoms with van der Waals surface area (Å²) in [6.45, 7) is 10.9. The lowest BCUT2D eigenvalue weighted by atomic mass is 9.62. The second-order valence-electron chi connectivity index (χ2n) is 11.0. The van der Waals surface area contributed by atoms with E-state index in [1.54, 1.807) is 36.4 Å². The van der Waals surface area contributed by atoms with Crippen LogP contribution in [0.3, 0.4) is 0 Å². The minimum Gasteiger partial charge on any atom is -0.489 e. The SMILES string of the molecule is Cc1cc2c(cc1-c1cc(COc3ccc(C=NO)cc3)ccc1OC(F)(F)F)C(C)(C)CCC2(C)C. The Morgan fingerprint density at radius 2 is 1.51 bits per heavy atom. The van der Waals surface area contributed by atoms with Gasteiger partial charge >= 0.3 is 6.36 Å². The molecule has 3 aromatic rings. The molecule has 1 aliphatic carbocycles. The normalized spacial score (nSPS) is 16.4. The fourth-order valence-electron chi connectivity index (χ4n) is 4.99. The molecule has 1 aliphatic rings. The van der Waals surface area contributed by atoms with E-state index < -0.39 is 6.36 Å². The number of oxime groups is 1. The first kappa shape index (κ1) is 26.6. The highest BCUT2D eigenvalue weighted by Gasteiger charge is 2.38. The molecule has 0 unspecified atom stereocenters. The van der Waals surface area contributed by atoms with Gasteiger partial charge < -0.3 is 14.7 Å². The molecule has 0 saturated heterocycles. The van der Waals surface area contributed by atoms with E-state index in [1.807, 2.05) is 6.92 Å². The van der Waals surface area contributed by atoms with Crippen LogP contribution >= 0.6 is 0 Å². The Hall–Kier alpha value is -3.48. The molecule has 4 nitrogen and oxygen atoms in total. The summed E-state index contributed by atoms with van der Waals surface area (Å²) in [5.74, 6) is 0.348. The van der Waals surface area contributed by atoms with Crippen LogP contribution in [0.25, 0.3) is 11.1 Å². The maximum Gasteiger partial charge on any atom is 0.573 e. The van der Waals surface area contributed by atoms with Crippen LogP contribution < -0.4 is 9.47 Å². The van der Waals surface area contributed by atoms with E-state index >= 15 is 0 Å². The van der Waals surface area contributed by atoms with E-state index in [1.165, 1.54) is 17.8 Å². The molecule has 3 aromatic carbocycles. The number of alkyl halides is 3. The predicted molar refractivity (Wildman–Crippen MR) is 139 cm³/mol. The minimum atomic E-state index is -4.81. The van der Waals surface area contributed by atoms with Crippen molar-refractivity contribution < 1.29 is 27.9 Å². The lowest BCUT2D eigenvalue weighted by Gasteiger charge is -2.42. The smallest absolute Gasteiger partial charge is 0.489 e. The van der Waals surface area contributed by atoms with E-state index in [2.05, 4.69) is 49.7 Å². The summed E-state index contributed by atoms with van der Waals surface area (Å²) < 4.78 is 50.3. The number of rotatable bonds is 6. The van der Waals surface area contributed by atoms with Crippen molar-refractivity contribution in [3.63, 3.8) is 0 Å². The summed E-state index contributed by atoms with van der Waals surface area (Å²) >= 11 is 0. The molecule has 0 fully saturated rings. The quantitative estimate of drug-likeness (QED) is 0.206. The van der Waals surface area contributed by atoms with E-state index in [9.17, 15) is 13.2 Å². The lowest BCUT2D eigenvalue weighted by molar-refractivity contribution is -0.274. The van der Waals surface area contributed by atoms with Gasteiger partial charge in [0.25, 0.3) is 0 Å². The van der Waals surface area contributed by atoms with E-state index in [-0.39, 0.29) is 23.2 Å². The monoisotopic (exact) mass is 511 g/mol. The number of benzene rings is 3. The molecule has 0 radical (unpaired) electrons. The highest BCUT2D eigenvalue weighted by molar-refractivity contribution is 5.79. The highest BCUT2D eigenvalue weighted by atomic mass is 19.4. The number of aryl methyl sites for hydroxylation is 1. The summed E-state index contributed by atoms with van der Waals surface area (Å²) in [6.07, 6.45) is -1.46. The molecular formula is C30H32F3NO3. The first-order valence-corrected chi connectivity index (χ1v) is 12.2. The molecule has 0 bridgehead atoms. The molecule has 37 heavy (non-hydrogen) atoms. The van der Waals surface area contributed by atoms with Crippen molar-refractivity contribution >= 4 is 6.21 Å². The van der Waals surface area contributed by atoms with Crippen molar-refractivity contribution in [2.75, 3.05) is 0 Å². The van der Waals surface area contributed by atoms with Gasteiger partial charge in [-0.2, -0.15) is 0 Å². The first-order chi connectivity index (χ1) is 17.3. The Morgan fingerprint density at radius 1 is 0.892 bits per heavy atom. The molecule has 0 spiro atoms. The van der Waals surface area contributed by atoms with Crippen molar-refractivity contribution in [3.8, 4) is 22.6 Å². The molecule has 0 atom stereocenters. The van der Waals surface area contributed by atoms with Crippen LogP contribution in [0.5, 0.6) is 11.5 Å². The molecule has 196 valence electrons. The Labute approximate surface area is 215 Å². The van der Waals surface area contributed by atoms with Gasteiger partial charge in [0, 0.05) is 5.56 Å². The molecule has 0 heterocycles. The lowest BCUT2D eigenvalue weighted by Crippen LogP contribution is -2.34. The Morgan fingerprint density at radius 3 is 2.11 bits per heavy atom. The fraction of sp³-hybridized carbons (Fsp3) is 0.367. The van der Waals surface area contributed by atoms with Gasteiger partial charge in [0.05, 0.1) is 6.21 Å². The van der Waals surface area contributed by atoms with Gasteiger partial charge in [-0.05, 0) is 106 Å². The number of fused-ring (bicyclic) bond motifs is 1. The number of hydrogen-bond donors (Lipinski definition) is 1. The number of halogens is 3. The first-order valence-electron chi connectivity index (χ1n) is 12.2. The Balaban J connectivity index is 1.74. The molecule has 0 aliphatic heterocycles. The summed E-state index contributed by atoms with van der Waals surface area (Å²) in [7, 11) is 0. The molecule has 0 aromatic heterocycles. The zero-order valence-corrected chi connectivity index (χ0v) is 21.7. The van der Waals surface area contributed by atoms with Crippen LogP contribution in [-0.2, 0) is 17.4 Å². The molecule has 0 saturated carbocycles. The zero-order chi connectivity index (χ0) is 27.0. The number of nitrogens with zero attached hydrogens (tertiary/aromatic N) is 1. The third kappa shape index (κ3) is 5.92. The molecule has 0 amide bonds. The van der Waals surface area contributed by atoms with Gasteiger partial charge in [-0.15, -0.1) is 13.2 Å². The minimum absolute atomic E-state index is 0.00624. The maximum absolute atomic E-state index is 13.3. The zero-order valence-electron chi connectivity index (χ0n) is 21.7. The maximum atomic E-state index is 13.3. The van der Waals surface area contributed by atoms with Gasteiger partial charge in [0.2, 0.25) is 0 Å². The van der Waals surface area contributed by atoms with Crippen LogP contribution in [0.2, 0.25) is 0 Å². The average Bonchev–Trinajstić information content (AvgIpc) is 2.81. The van der Waals surface area contributed by atoms with E-state index in [0.717, 1.165) is 29.5 Å². The number of hydrogen-bond acceptors (Lipinski definition) is 4. The topological polar surface area (TPSA) is 51.0 Å². The van der Waals surface area contributed by atoms with E-state index in [0.29, 0.717) is 22.4 Å². The molecular weight excluding hydrogens is 479 g/mol. The largest absolute Gasteiger partial charge is 0.573 e. The van der Waals surface area contributed by atoms with Gasteiger partial charge in [0.15, 0.2) is 0 Å². The van der Waals surface area contributed by atoms with Crippen molar-refractivity contribution in [3.05, 3.63) is 82.4 Å². The van der Waals surface area contributed by atoms with E-state index in [4.69, 9.17) is 9.94 Å². The summed E-state index contributed by atoms with van der Waals surface area (Å²) in [4.78, 5) is 0. The van der Waals surface area contributed by atoms with Crippen LogP contribution in [-0.4, -0.2) is 17.8 Å². The summed E-state index contributed by atoms with van der Waals surface area (Å²) in [5.41, 5.74) is 5.73. The second-order valence-corrected chi connectivity index (χ2v) is 11.0. The summed E-state index contributed by atoms with van der Waals surface area (Å²) in [5, 5.41) is 11.6. The van der Waals surface area contributed by atoms with Gasteiger partial charge in [-0.1, -0.05) is 45.0 Å².